The molecule has 1 aliphatic rings. The Labute approximate surface area is 304 Å². The van der Waals surface area contributed by atoms with Gasteiger partial charge in [0.05, 0.1) is 59.2 Å². The van der Waals surface area contributed by atoms with E-state index in [1.807, 2.05) is 81.9 Å². The van der Waals surface area contributed by atoms with E-state index in [0.29, 0.717) is 91.9 Å². The van der Waals surface area contributed by atoms with Crippen LogP contribution in [0.1, 0.15) is 62.3 Å². The van der Waals surface area contributed by atoms with Gasteiger partial charge < -0.3 is 34.8 Å². The molecule has 0 unspecified atom stereocenters. The molecule has 0 aliphatic carbocycles. The number of amides is 1. The van der Waals surface area contributed by atoms with E-state index in [9.17, 15) is 19.2 Å². The summed E-state index contributed by atoms with van der Waals surface area (Å²) in [7, 11) is 0. The lowest BCUT2D eigenvalue weighted by Crippen LogP contribution is -2.50. The molecule has 0 aromatic rings. The van der Waals surface area contributed by atoms with Crippen LogP contribution in [0.4, 0.5) is 0 Å². The van der Waals surface area contributed by atoms with Crippen molar-refractivity contribution >= 4 is 23.8 Å². The Balaban J connectivity index is 3.02. The van der Waals surface area contributed by atoms with Gasteiger partial charge >= 0.3 is 17.9 Å². The Bertz CT molecular complexity index is 1030. The summed E-state index contributed by atoms with van der Waals surface area (Å²) in [6, 6.07) is 0. The standard InChI is InChI=1S/C34H66N8O9/c1-32(2,3)49-29(44)25-40-14-12-39(24-28(43)36-10-20-47-22-23-48-21-11-37-38-35)13-15-41(26-30(45)50-33(4,5)6)17-19-42(18-16-40)27-31(46)51-34(7,8)9/h10-27H2,1-9H3,(H2,35,37)(H,36,43). The number of esters is 3. The third-order valence-electron chi connectivity index (χ3n) is 6.97. The summed E-state index contributed by atoms with van der Waals surface area (Å²) in [6.45, 7) is 22.6. The lowest BCUT2D eigenvalue weighted by molar-refractivity contribution is -0.158. The molecule has 0 bridgehead atoms. The monoisotopic (exact) mass is 730 g/mol. The molecule has 3 N–H and O–H groups in total. The van der Waals surface area contributed by atoms with Gasteiger partial charge in [-0.3, -0.25) is 38.8 Å². The van der Waals surface area contributed by atoms with E-state index < -0.39 is 16.8 Å². The van der Waals surface area contributed by atoms with Crippen LogP contribution in [0.2, 0.25) is 0 Å². The van der Waals surface area contributed by atoms with E-state index in [4.69, 9.17) is 29.5 Å². The Morgan fingerprint density at radius 3 is 1.22 bits per heavy atom. The average molecular weight is 731 g/mol. The highest BCUT2D eigenvalue weighted by molar-refractivity contribution is 5.78. The first-order valence-corrected chi connectivity index (χ1v) is 17.8. The summed E-state index contributed by atoms with van der Waals surface area (Å²) < 4.78 is 27.7. The van der Waals surface area contributed by atoms with Crippen LogP contribution in [-0.4, -0.2) is 178 Å². The van der Waals surface area contributed by atoms with Crippen LogP contribution in [0.15, 0.2) is 10.3 Å². The Hall–Kier alpha value is -2.96. The second-order valence-corrected chi connectivity index (χ2v) is 15.4. The third kappa shape index (κ3) is 26.5. The van der Waals surface area contributed by atoms with Gasteiger partial charge in [0, 0.05) is 58.9 Å². The van der Waals surface area contributed by atoms with Crippen LogP contribution in [0.3, 0.4) is 0 Å². The molecule has 0 aromatic heterocycles. The summed E-state index contributed by atoms with van der Waals surface area (Å²) in [5.74, 6) is 3.72. The zero-order valence-electron chi connectivity index (χ0n) is 32.7. The van der Waals surface area contributed by atoms with Gasteiger partial charge in [-0.25, -0.2) is 0 Å². The molecule has 1 fully saturated rings. The van der Waals surface area contributed by atoms with Crippen molar-refractivity contribution < 1.29 is 42.9 Å². The smallest absolute Gasteiger partial charge is 0.320 e. The van der Waals surface area contributed by atoms with Gasteiger partial charge in [-0.1, -0.05) is 5.22 Å². The summed E-state index contributed by atoms with van der Waals surface area (Å²) in [5, 5.41) is 9.68. The highest BCUT2D eigenvalue weighted by atomic mass is 16.6. The minimum Gasteiger partial charge on any atom is -0.459 e. The first-order valence-electron chi connectivity index (χ1n) is 17.8. The molecule has 0 aromatic carbocycles. The molecule has 0 radical (unpaired) electrons. The van der Waals surface area contributed by atoms with E-state index in [0.717, 1.165) is 0 Å². The van der Waals surface area contributed by atoms with Gasteiger partial charge in [0.1, 0.15) is 16.8 Å². The Kier molecular flexibility index (Phi) is 21.3. The van der Waals surface area contributed by atoms with Crippen molar-refractivity contribution in [1.82, 2.24) is 24.9 Å². The first kappa shape index (κ1) is 46.1. The lowest BCUT2D eigenvalue weighted by atomic mass is 10.2. The van der Waals surface area contributed by atoms with E-state index >= 15 is 0 Å². The molecule has 1 amide bonds. The number of carbonyl (C=O) groups excluding carboxylic acids is 4. The molecule has 1 heterocycles. The molecule has 0 atom stereocenters. The number of nitrogens with zero attached hydrogens (tertiary/aromatic N) is 6. The van der Waals surface area contributed by atoms with Crippen molar-refractivity contribution in [3.8, 4) is 0 Å². The number of hydrogen-bond donors (Lipinski definition) is 2. The van der Waals surface area contributed by atoms with Crippen LogP contribution in [-0.2, 0) is 42.9 Å². The topological polar surface area (TPSA) is 190 Å². The molecule has 17 heteroatoms. The minimum atomic E-state index is -0.637. The third-order valence-corrected chi connectivity index (χ3v) is 6.97. The van der Waals surface area contributed by atoms with Gasteiger partial charge in [0.2, 0.25) is 5.91 Å². The van der Waals surface area contributed by atoms with Gasteiger partial charge in [-0.15, -0.1) is 0 Å². The number of ether oxygens (including phenoxy) is 5. The zero-order valence-corrected chi connectivity index (χ0v) is 32.7. The highest BCUT2D eigenvalue weighted by Gasteiger charge is 2.26. The van der Waals surface area contributed by atoms with E-state index in [1.165, 1.54) is 0 Å². The van der Waals surface area contributed by atoms with E-state index in [2.05, 4.69) is 15.7 Å². The Morgan fingerprint density at radius 2 is 0.882 bits per heavy atom. The average Bonchev–Trinajstić information content (AvgIpc) is 2.96. The molecule has 1 saturated heterocycles. The molecule has 296 valence electrons. The fourth-order valence-corrected chi connectivity index (χ4v) is 4.89. The van der Waals surface area contributed by atoms with Crippen LogP contribution in [0, 0.1) is 0 Å². The highest BCUT2D eigenvalue weighted by Crippen LogP contribution is 2.11. The molecular formula is C34H66N8O9. The van der Waals surface area contributed by atoms with Crippen molar-refractivity contribution in [2.75, 3.05) is 118 Å². The van der Waals surface area contributed by atoms with E-state index in [-0.39, 0.29) is 50.0 Å². The molecule has 0 saturated carbocycles. The molecule has 1 aliphatic heterocycles. The summed E-state index contributed by atoms with van der Waals surface area (Å²) in [6.07, 6.45) is 0. The maximum Gasteiger partial charge on any atom is 0.320 e. The second kappa shape index (κ2) is 23.6. The van der Waals surface area contributed by atoms with Gasteiger partial charge in [0.25, 0.3) is 0 Å². The van der Waals surface area contributed by atoms with E-state index in [1.54, 1.807) is 0 Å². The zero-order chi connectivity index (χ0) is 38.5. The quantitative estimate of drug-likeness (QED) is 0.0531. The number of nitrogens with one attached hydrogen (secondary N) is 1. The second-order valence-electron chi connectivity index (χ2n) is 15.4. The van der Waals surface area contributed by atoms with Crippen molar-refractivity contribution in [2.24, 2.45) is 16.2 Å². The maximum absolute atomic E-state index is 13.0. The maximum atomic E-state index is 13.0. The number of carbonyl (C=O) groups is 4. The number of nitrogens with two attached hydrogens (primary N) is 1. The van der Waals surface area contributed by atoms with Crippen LogP contribution in [0.5, 0.6) is 0 Å². The molecule has 1 rings (SSSR count). The van der Waals surface area contributed by atoms with Crippen LogP contribution >= 0.6 is 0 Å². The number of hydrogen-bond acceptors (Lipinski definition) is 15. The largest absolute Gasteiger partial charge is 0.459 e. The number of rotatable bonds is 17. The predicted octanol–water partition coefficient (Wildman–Crippen LogP) is 0.708. The SMILES string of the molecule is CC(C)(C)OC(=O)CN1CCN(CC(=O)NCCOCCOCCN=NN)CCN(CC(=O)OC(C)(C)C)CCN(CC(=O)OC(C)(C)C)CC1. The van der Waals surface area contributed by atoms with Gasteiger partial charge in [-0.05, 0) is 62.3 Å². The fraction of sp³-hybridized carbons (Fsp3) is 0.882. The van der Waals surface area contributed by atoms with Crippen molar-refractivity contribution in [3.63, 3.8) is 0 Å². The molecule has 17 nitrogen and oxygen atoms in total. The fourth-order valence-electron chi connectivity index (χ4n) is 4.89. The van der Waals surface area contributed by atoms with Crippen molar-refractivity contribution in [3.05, 3.63) is 0 Å². The van der Waals surface area contributed by atoms with Gasteiger partial charge in [0.15, 0.2) is 0 Å². The van der Waals surface area contributed by atoms with Gasteiger partial charge in [-0.2, -0.15) is 5.11 Å². The van der Waals surface area contributed by atoms with Crippen LogP contribution < -0.4 is 11.2 Å². The Morgan fingerprint density at radius 1 is 0.549 bits per heavy atom. The first-order chi connectivity index (χ1) is 23.7. The van der Waals surface area contributed by atoms with Crippen molar-refractivity contribution in [2.45, 2.75) is 79.1 Å². The van der Waals surface area contributed by atoms with Crippen LogP contribution in [0.25, 0.3) is 0 Å². The normalized spacial score (nSPS) is 17.0. The summed E-state index contributed by atoms with van der Waals surface area (Å²) >= 11 is 0. The minimum absolute atomic E-state index is 0.0561. The predicted molar refractivity (Wildman–Crippen MR) is 192 cm³/mol. The summed E-state index contributed by atoms with van der Waals surface area (Å²) in [5.41, 5.74) is -1.91. The molecular weight excluding hydrogens is 664 g/mol. The lowest BCUT2D eigenvalue weighted by Gasteiger charge is -2.34. The molecule has 51 heavy (non-hydrogen) atoms. The summed E-state index contributed by atoms with van der Waals surface area (Å²) in [4.78, 5) is 59.6. The molecule has 0 spiro atoms. The van der Waals surface area contributed by atoms with Crippen molar-refractivity contribution in [1.29, 1.82) is 0 Å².